The molecule has 0 saturated carbocycles. The molecule has 0 heterocycles. The molecule has 0 radical (unpaired) electrons. The highest BCUT2D eigenvalue weighted by Crippen LogP contribution is 2.14. The van der Waals surface area contributed by atoms with Gasteiger partial charge in [0, 0.05) is 23.6 Å². The van der Waals surface area contributed by atoms with E-state index in [1.165, 1.54) is 0 Å². The topological polar surface area (TPSA) is 294 Å². The number of carbonyl (C=O) groups is 5. The average molecular weight is 622 g/mol. The summed E-state index contributed by atoms with van der Waals surface area (Å²) in [6.45, 7) is 1.91. The van der Waals surface area contributed by atoms with E-state index in [-0.39, 0.29) is 18.8 Å². The summed E-state index contributed by atoms with van der Waals surface area (Å²) in [4.78, 5) is 55.2. The number of benzene rings is 1. The van der Waals surface area contributed by atoms with Crippen LogP contribution < -0.4 is 22.5 Å². The molecule has 244 valence electrons. The molecular weight excluding hydrogens is 578 g/mol. The van der Waals surface area contributed by atoms with Gasteiger partial charge in [0.2, 0.25) is 0 Å². The number of ether oxygens (including phenoxy) is 1. The Labute approximate surface area is 255 Å². The van der Waals surface area contributed by atoms with E-state index >= 15 is 0 Å². The van der Waals surface area contributed by atoms with E-state index in [2.05, 4.69) is 26.0 Å². The summed E-state index contributed by atoms with van der Waals surface area (Å²) in [5.74, 6) is -0.652. The molecule has 1 amide bonds. The van der Waals surface area contributed by atoms with Gasteiger partial charge in [0.1, 0.15) is 23.9 Å². The number of rotatable bonds is 18. The number of amides is 1. The Morgan fingerprint density at radius 1 is 0.909 bits per heavy atom. The van der Waals surface area contributed by atoms with Gasteiger partial charge in [0.15, 0.2) is 6.61 Å². The van der Waals surface area contributed by atoms with Crippen LogP contribution in [0.3, 0.4) is 0 Å². The molecule has 44 heavy (non-hydrogen) atoms. The van der Waals surface area contributed by atoms with Crippen LogP contribution in [0, 0.1) is 12.3 Å². The lowest BCUT2D eigenvalue weighted by Gasteiger charge is -2.06. The molecular formula is C28H43N7O9. The number of carboxylic acids is 3. The van der Waals surface area contributed by atoms with Crippen LogP contribution in [0.2, 0.25) is 0 Å². The number of carboxylic acid groups (broad SMARTS) is 3. The number of alkyl carbamates (subject to hydrolysis) is 1. The van der Waals surface area contributed by atoms with Crippen molar-refractivity contribution < 1.29 is 44.0 Å². The largest absolute Gasteiger partial charge is 0.480 e. The van der Waals surface area contributed by atoms with Crippen molar-refractivity contribution in [1.29, 1.82) is 0 Å². The third-order valence-electron chi connectivity index (χ3n) is 5.55. The molecule has 0 spiro atoms. The lowest BCUT2D eigenvalue weighted by atomic mass is 10.1. The molecule has 0 bridgehead atoms. The zero-order chi connectivity index (χ0) is 33.9. The standard InChI is InChI=1S/C10H16N2O4.C9H10N4O2.C9H17NO3/c1-2-7-16-10(15)12-6-4-3-5-8(11)9(13)14;10-8(9(14)15)5-6-1-3-7(4-2-6)12-13-11;1-7(11)5-3-2-4-6-8(10)9(12)13/h1,8H,3-7,11H2,(H,12,15)(H,13,14);1-4,8H,5,10H2,(H,14,15);8H,2-6,10H2,1H3,(H,12,13)/t2*8-;/m00./s1. The molecule has 10 N–H and O–H groups in total. The van der Waals surface area contributed by atoms with Crippen molar-refractivity contribution >= 4 is 35.5 Å². The third kappa shape index (κ3) is 25.1. The number of nitrogens with one attached hydrogen (secondary N) is 1. The van der Waals surface area contributed by atoms with Gasteiger partial charge in [-0.05, 0) is 56.5 Å². The molecule has 3 atom stereocenters. The number of hydrogen-bond acceptors (Lipinski definition) is 10. The number of carbonyl (C=O) groups excluding carboxylic acids is 2. The fourth-order valence-electron chi connectivity index (χ4n) is 3.09. The van der Waals surface area contributed by atoms with Crippen molar-refractivity contribution in [2.24, 2.45) is 22.3 Å². The monoisotopic (exact) mass is 621 g/mol. The molecule has 0 aliphatic carbocycles. The highest BCUT2D eigenvalue weighted by atomic mass is 16.5. The lowest BCUT2D eigenvalue weighted by Crippen LogP contribution is -2.32. The number of Topliss-reactive ketones (excluding diaryl/α,β-unsaturated/α-hetero) is 1. The van der Waals surface area contributed by atoms with Crippen LogP contribution in [0.1, 0.15) is 63.9 Å². The van der Waals surface area contributed by atoms with E-state index in [0.29, 0.717) is 44.3 Å². The summed E-state index contributed by atoms with van der Waals surface area (Å²) in [5, 5.41) is 31.4. The lowest BCUT2D eigenvalue weighted by molar-refractivity contribution is -0.139. The van der Waals surface area contributed by atoms with E-state index in [1.807, 2.05) is 0 Å². The van der Waals surface area contributed by atoms with E-state index < -0.39 is 42.1 Å². The van der Waals surface area contributed by atoms with Crippen molar-refractivity contribution in [3.05, 3.63) is 40.3 Å². The average Bonchev–Trinajstić information content (AvgIpc) is 2.97. The van der Waals surface area contributed by atoms with Gasteiger partial charge in [-0.1, -0.05) is 48.1 Å². The summed E-state index contributed by atoms with van der Waals surface area (Å²) >= 11 is 0. The minimum atomic E-state index is -1.03. The maximum absolute atomic E-state index is 10.9. The Bertz CT molecular complexity index is 1120. The normalized spacial score (nSPS) is 11.7. The number of ketones is 1. The zero-order valence-electron chi connectivity index (χ0n) is 24.8. The predicted octanol–water partition coefficient (Wildman–Crippen LogP) is 2.45. The van der Waals surface area contributed by atoms with E-state index in [1.54, 1.807) is 31.2 Å². The fraction of sp³-hybridized carbons (Fsp3) is 0.536. The Morgan fingerprint density at radius 2 is 1.43 bits per heavy atom. The second-order valence-corrected chi connectivity index (χ2v) is 9.40. The summed E-state index contributed by atoms with van der Waals surface area (Å²) in [6, 6.07) is 4.11. The number of hydrogen-bond donors (Lipinski definition) is 7. The number of terminal acetylenes is 1. The van der Waals surface area contributed by atoms with Gasteiger partial charge in [-0.15, -0.1) is 6.42 Å². The second-order valence-electron chi connectivity index (χ2n) is 9.40. The van der Waals surface area contributed by atoms with Gasteiger partial charge in [0.05, 0.1) is 0 Å². The van der Waals surface area contributed by atoms with Crippen LogP contribution in [-0.2, 0) is 30.3 Å². The number of nitrogens with two attached hydrogens (primary N) is 3. The quantitative estimate of drug-likeness (QED) is 0.0409. The van der Waals surface area contributed by atoms with Gasteiger partial charge < -0.3 is 47.4 Å². The summed E-state index contributed by atoms with van der Waals surface area (Å²) in [6.07, 6.45) is 9.80. The van der Waals surface area contributed by atoms with Gasteiger partial charge in [-0.25, -0.2) is 4.79 Å². The van der Waals surface area contributed by atoms with E-state index in [9.17, 15) is 24.0 Å². The first-order chi connectivity index (χ1) is 20.7. The molecule has 1 rings (SSSR count). The van der Waals surface area contributed by atoms with Crippen molar-refractivity contribution in [2.45, 2.75) is 82.8 Å². The van der Waals surface area contributed by atoms with Crippen LogP contribution in [0.4, 0.5) is 10.5 Å². The molecule has 0 saturated heterocycles. The zero-order valence-corrected chi connectivity index (χ0v) is 24.8. The Morgan fingerprint density at radius 3 is 1.89 bits per heavy atom. The van der Waals surface area contributed by atoms with Crippen LogP contribution >= 0.6 is 0 Å². The first-order valence-corrected chi connectivity index (χ1v) is 13.7. The first kappa shape index (κ1) is 41.5. The SMILES string of the molecule is C#CCOC(=O)NCCCC[C@H](N)C(=O)O.CC(=O)CCCCCC(N)C(=O)O.[N-]=[N+]=Nc1ccc(C[C@H](N)C(=O)O)cc1. The van der Waals surface area contributed by atoms with Crippen molar-refractivity contribution in [3.8, 4) is 12.3 Å². The minimum Gasteiger partial charge on any atom is -0.480 e. The molecule has 1 aromatic carbocycles. The van der Waals surface area contributed by atoms with Crippen LogP contribution in [0.5, 0.6) is 0 Å². The third-order valence-corrected chi connectivity index (χ3v) is 5.55. The van der Waals surface area contributed by atoms with Crippen LogP contribution in [-0.4, -0.2) is 76.4 Å². The first-order valence-electron chi connectivity index (χ1n) is 13.7. The molecule has 0 aliphatic heterocycles. The van der Waals surface area contributed by atoms with Gasteiger partial charge in [-0.2, -0.15) is 0 Å². The Kier molecular flexibility index (Phi) is 24.5. The number of nitrogens with zero attached hydrogens (tertiary/aromatic N) is 3. The van der Waals surface area contributed by atoms with Crippen molar-refractivity contribution in [3.63, 3.8) is 0 Å². The number of unbranched alkanes of at least 4 members (excludes halogenated alkanes) is 3. The fourth-order valence-corrected chi connectivity index (χ4v) is 3.09. The summed E-state index contributed by atoms with van der Waals surface area (Å²) < 4.78 is 4.55. The Balaban J connectivity index is 0. The van der Waals surface area contributed by atoms with Gasteiger partial charge in [0.25, 0.3) is 0 Å². The molecule has 0 aliphatic rings. The Hall–Kier alpha value is -4.68. The van der Waals surface area contributed by atoms with E-state index in [0.717, 1.165) is 24.8 Å². The number of aliphatic carboxylic acids is 3. The van der Waals surface area contributed by atoms with Gasteiger partial charge in [-0.3, -0.25) is 14.4 Å². The molecule has 1 unspecified atom stereocenters. The molecule has 1 aromatic rings. The molecule has 16 heteroatoms. The minimum absolute atomic E-state index is 0.0598. The second kappa shape index (κ2) is 26.0. The summed E-state index contributed by atoms with van der Waals surface area (Å²) in [7, 11) is 0. The van der Waals surface area contributed by atoms with Crippen LogP contribution in [0.15, 0.2) is 29.4 Å². The van der Waals surface area contributed by atoms with Crippen LogP contribution in [0.25, 0.3) is 10.4 Å². The van der Waals surface area contributed by atoms with Crippen molar-refractivity contribution in [2.75, 3.05) is 13.2 Å². The maximum Gasteiger partial charge on any atom is 0.408 e. The predicted molar refractivity (Wildman–Crippen MR) is 162 cm³/mol. The molecule has 0 aromatic heterocycles. The maximum atomic E-state index is 10.9. The summed E-state index contributed by atoms with van der Waals surface area (Å²) in [5.41, 5.74) is 25.4. The molecule has 0 fully saturated rings. The smallest absolute Gasteiger partial charge is 0.408 e. The van der Waals surface area contributed by atoms with Crippen molar-refractivity contribution in [1.82, 2.24) is 5.32 Å². The number of azide groups is 1. The highest BCUT2D eigenvalue weighted by Gasteiger charge is 2.12. The van der Waals surface area contributed by atoms with E-state index in [4.69, 9.17) is 44.5 Å². The molecule has 16 nitrogen and oxygen atoms in total. The van der Waals surface area contributed by atoms with Gasteiger partial charge >= 0.3 is 24.0 Å². The highest BCUT2D eigenvalue weighted by molar-refractivity contribution is 5.75.